The molecule has 0 saturated heterocycles. The van der Waals surface area contributed by atoms with Gasteiger partial charge >= 0.3 is 0 Å². The predicted octanol–water partition coefficient (Wildman–Crippen LogP) is 2.23. The van der Waals surface area contributed by atoms with Gasteiger partial charge in [-0.2, -0.15) is 0 Å². The predicted molar refractivity (Wildman–Crippen MR) is 68.8 cm³/mol. The molecule has 1 aromatic rings. The van der Waals surface area contributed by atoms with E-state index in [-0.39, 0.29) is 5.56 Å². The maximum atomic E-state index is 12.6. The molecule has 1 N–H and O–H groups in total. The Kier molecular flexibility index (Phi) is 4.20. The largest absolute Gasteiger partial charge is 0.385 e. The van der Waals surface area contributed by atoms with Crippen LogP contribution in [0.4, 0.5) is 4.39 Å². The van der Waals surface area contributed by atoms with Crippen molar-refractivity contribution in [2.75, 3.05) is 6.26 Å². The molecule has 0 heterocycles. The van der Waals surface area contributed by atoms with E-state index in [0.29, 0.717) is 0 Å². The van der Waals surface area contributed by atoms with Crippen molar-refractivity contribution in [1.82, 2.24) is 0 Å². The van der Waals surface area contributed by atoms with Gasteiger partial charge in [0, 0.05) is 6.26 Å². The van der Waals surface area contributed by atoms with Crippen LogP contribution in [0.2, 0.25) is 0 Å². The van der Waals surface area contributed by atoms with E-state index in [9.17, 15) is 17.9 Å². The molecule has 0 saturated carbocycles. The van der Waals surface area contributed by atoms with E-state index in [2.05, 4.69) is 0 Å². The lowest BCUT2D eigenvalue weighted by Gasteiger charge is -2.24. The van der Waals surface area contributed by atoms with E-state index >= 15 is 0 Å². The number of rotatable bonds is 3. The summed E-state index contributed by atoms with van der Waals surface area (Å²) in [7, 11) is -3.65. The van der Waals surface area contributed by atoms with Gasteiger partial charge in [0.1, 0.15) is 11.9 Å². The second kappa shape index (κ2) is 4.75. The number of sulfone groups is 1. The first-order valence-corrected chi connectivity index (χ1v) is 7.52. The Balaban J connectivity index is 3.12. The van der Waals surface area contributed by atoms with Gasteiger partial charge in [0.05, 0.1) is 0 Å². The average Bonchev–Trinajstić information content (AvgIpc) is 2.16. The number of alkyl halides is 2. The van der Waals surface area contributed by atoms with Crippen LogP contribution in [0.5, 0.6) is 0 Å². The van der Waals surface area contributed by atoms with Crippen LogP contribution < -0.4 is 0 Å². The minimum Gasteiger partial charge on any atom is -0.385 e. The Labute approximate surface area is 112 Å². The number of aliphatic hydroxyl groups is 1. The molecule has 0 aromatic heterocycles. The molecule has 0 aliphatic rings. The molecule has 16 heavy (non-hydrogen) atoms. The van der Waals surface area contributed by atoms with Gasteiger partial charge in [-0.1, -0.05) is 23.7 Å². The minimum atomic E-state index is -3.65. The molecule has 0 radical (unpaired) electrons. The second-order valence-corrected chi connectivity index (χ2v) is 9.37. The van der Waals surface area contributed by atoms with E-state index in [1.165, 1.54) is 34.7 Å². The summed E-state index contributed by atoms with van der Waals surface area (Å²) in [6.07, 6.45) is -0.496. The topological polar surface area (TPSA) is 54.4 Å². The normalized spacial score (nSPS) is 17.8. The highest BCUT2D eigenvalue weighted by Crippen LogP contribution is 2.42. The van der Waals surface area contributed by atoms with E-state index in [0.717, 1.165) is 18.4 Å². The highest BCUT2D eigenvalue weighted by Gasteiger charge is 2.43. The molecule has 3 nitrogen and oxygen atoms in total. The molecule has 0 aliphatic carbocycles. The van der Waals surface area contributed by atoms with Gasteiger partial charge in [-0.15, -0.1) is 0 Å². The van der Waals surface area contributed by atoms with Crippen LogP contribution in [-0.2, 0) is 9.84 Å². The Bertz CT molecular complexity index is 472. The van der Waals surface area contributed by atoms with E-state index in [1.807, 2.05) is 0 Å². The molecule has 0 aliphatic heterocycles. The lowest BCUT2D eigenvalue weighted by atomic mass is 10.1. The zero-order valence-electron chi connectivity index (χ0n) is 8.19. The standard InChI is InChI=1S/C9H9ClFIO3S/c1-16(14,15)9(10,12)8(13)6-2-4-7(11)5-3-6/h2-5,8,13H,1H3/t8-,9+/m0/s1. The fourth-order valence-electron chi connectivity index (χ4n) is 1.04. The van der Waals surface area contributed by atoms with Crippen molar-refractivity contribution in [2.45, 2.75) is 8.32 Å². The van der Waals surface area contributed by atoms with Gasteiger partial charge in [-0.25, -0.2) is 12.8 Å². The van der Waals surface area contributed by atoms with Crippen molar-refractivity contribution < 1.29 is 17.9 Å². The fraction of sp³-hybridized carbons (Fsp3) is 0.333. The van der Waals surface area contributed by atoms with Gasteiger partial charge in [-0.3, -0.25) is 0 Å². The third-order valence-corrected chi connectivity index (χ3v) is 7.25. The number of halogens is 3. The smallest absolute Gasteiger partial charge is 0.224 e. The van der Waals surface area contributed by atoms with Gasteiger partial charge in [-0.05, 0) is 40.3 Å². The van der Waals surface area contributed by atoms with Crippen molar-refractivity contribution in [3.63, 3.8) is 0 Å². The van der Waals surface area contributed by atoms with Crippen LogP contribution in [0, 0.1) is 5.82 Å². The third kappa shape index (κ3) is 2.85. The lowest BCUT2D eigenvalue weighted by Crippen LogP contribution is -2.32. The maximum Gasteiger partial charge on any atom is 0.224 e. The van der Waals surface area contributed by atoms with Crippen molar-refractivity contribution >= 4 is 44.0 Å². The molecule has 1 rings (SSSR count). The maximum absolute atomic E-state index is 12.6. The van der Waals surface area contributed by atoms with Crippen LogP contribution >= 0.6 is 34.2 Å². The molecular weight excluding hydrogens is 370 g/mol. The molecule has 0 unspecified atom stereocenters. The molecule has 0 spiro atoms. The fourth-order valence-corrected chi connectivity index (χ4v) is 2.07. The van der Waals surface area contributed by atoms with Crippen molar-refractivity contribution in [3.8, 4) is 0 Å². The monoisotopic (exact) mass is 378 g/mol. The molecule has 90 valence electrons. The van der Waals surface area contributed by atoms with Gasteiger partial charge < -0.3 is 5.11 Å². The molecule has 0 fully saturated rings. The average molecular weight is 379 g/mol. The molecule has 1 aromatic carbocycles. The van der Waals surface area contributed by atoms with Gasteiger partial charge in [0.25, 0.3) is 0 Å². The summed E-state index contributed by atoms with van der Waals surface area (Å²) in [6, 6.07) is 4.84. The van der Waals surface area contributed by atoms with Crippen LogP contribution in [-0.4, -0.2) is 22.0 Å². The summed E-state index contributed by atoms with van der Waals surface area (Å²) >= 11 is 7.25. The first-order chi connectivity index (χ1) is 7.16. The van der Waals surface area contributed by atoms with Crippen LogP contribution in [0.25, 0.3) is 0 Å². The van der Waals surface area contributed by atoms with E-state index < -0.39 is 24.0 Å². The van der Waals surface area contributed by atoms with Crippen LogP contribution in [0.3, 0.4) is 0 Å². The number of hydrogen-bond donors (Lipinski definition) is 1. The Morgan fingerprint density at radius 1 is 1.44 bits per heavy atom. The summed E-state index contributed by atoms with van der Waals surface area (Å²) in [6.45, 7) is 0. The Morgan fingerprint density at radius 3 is 2.25 bits per heavy atom. The molecular formula is C9H9ClFIO3S. The summed E-state index contributed by atoms with van der Waals surface area (Å²) < 4.78 is 33.5. The lowest BCUT2D eigenvalue weighted by molar-refractivity contribution is 0.187. The SMILES string of the molecule is CS(=O)(=O)[C@](Cl)(I)[C@@H](O)c1ccc(F)cc1. The van der Waals surface area contributed by atoms with Crippen LogP contribution in [0.1, 0.15) is 11.7 Å². The number of aliphatic hydroxyl groups excluding tert-OH is 1. The molecule has 0 bridgehead atoms. The highest BCUT2D eigenvalue weighted by atomic mass is 127. The van der Waals surface area contributed by atoms with Crippen molar-refractivity contribution in [3.05, 3.63) is 35.6 Å². The molecule has 7 heteroatoms. The quantitative estimate of drug-likeness (QED) is 0.648. The second-order valence-electron chi connectivity index (χ2n) is 3.29. The summed E-state index contributed by atoms with van der Waals surface area (Å²) in [5.41, 5.74) is 0.247. The minimum absolute atomic E-state index is 0.247. The van der Waals surface area contributed by atoms with E-state index in [1.54, 1.807) is 0 Å². The van der Waals surface area contributed by atoms with Gasteiger partial charge in [0.2, 0.25) is 2.21 Å². The van der Waals surface area contributed by atoms with Crippen molar-refractivity contribution in [1.29, 1.82) is 0 Å². The van der Waals surface area contributed by atoms with Crippen molar-refractivity contribution in [2.24, 2.45) is 0 Å². The van der Waals surface area contributed by atoms with Crippen LogP contribution in [0.15, 0.2) is 24.3 Å². The first-order valence-electron chi connectivity index (χ1n) is 4.17. The Hall–Kier alpha value is 0.0800. The van der Waals surface area contributed by atoms with Gasteiger partial charge in [0.15, 0.2) is 9.84 Å². The first kappa shape index (κ1) is 14.1. The molecule has 0 amide bonds. The summed E-state index contributed by atoms with van der Waals surface area (Å²) in [5, 5.41) is 9.83. The zero-order valence-corrected chi connectivity index (χ0v) is 11.9. The number of benzene rings is 1. The number of hydrogen-bond acceptors (Lipinski definition) is 3. The third-order valence-electron chi connectivity index (χ3n) is 2.00. The summed E-state index contributed by atoms with van der Waals surface area (Å²) in [5.74, 6) is -0.469. The molecule has 2 atom stereocenters. The summed E-state index contributed by atoms with van der Waals surface area (Å²) in [4.78, 5) is 0. The Morgan fingerprint density at radius 2 is 1.88 bits per heavy atom. The van der Waals surface area contributed by atoms with E-state index in [4.69, 9.17) is 11.6 Å². The highest BCUT2D eigenvalue weighted by molar-refractivity contribution is 14.1. The zero-order chi connectivity index (χ0) is 12.6.